The number of carbonyl (C=O) groups is 1. The Morgan fingerprint density at radius 2 is 0.784 bits per heavy atom. The highest BCUT2D eigenvalue weighted by Crippen LogP contribution is 2.26. The molecule has 0 aliphatic carbocycles. The number of carbonyl (C=O) groups excluding carboxylic acids is 1. The van der Waals surface area contributed by atoms with E-state index in [0.717, 1.165) is 51.4 Å². The molecule has 0 aromatic carbocycles. The van der Waals surface area contributed by atoms with Crippen molar-refractivity contribution in [3.05, 3.63) is 0 Å². The van der Waals surface area contributed by atoms with Crippen LogP contribution in [0, 0.1) is 0 Å². The molecule has 442 valence electrons. The molecule has 1 aliphatic heterocycles. The van der Waals surface area contributed by atoms with Gasteiger partial charge in [0.15, 0.2) is 6.29 Å². The lowest BCUT2D eigenvalue weighted by molar-refractivity contribution is -0.298. The summed E-state index contributed by atoms with van der Waals surface area (Å²) in [6.45, 7) is 3.47. The highest BCUT2D eigenvalue weighted by Gasteiger charge is 2.48. The van der Waals surface area contributed by atoms with Crippen molar-refractivity contribution in [3.8, 4) is 0 Å². The van der Waals surface area contributed by atoms with Gasteiger partial charge in [-0.05, 0) is 12.8 Å². The molecular formula is C61H121NO11S. The van der Waals surface area contributed by atoms with Crippen LogP contribution in [0.4, 0.5) is 0 Å². The molecule has 0 aromatic heterocycles. The van der Waals surface area contributed by atoms with Gasteiger partial charge >= 0.3 is 10.4 Å². The molecule has 0 aromatic rings. The van der Waals surface area contributed by atoms with Gasteiger partial charge in [-0.15, -0.1) is 0 Å². The molecule has 1 heterocycles. The minimum atomic E-state index is -5.07. The molecule has 12 nitrogen and oxygen atoms in total. The fourth-order valence-electron chi connectivity index (χ4n) is 10.8. The molecule has 1 saturated heterocycles. The van der Waals surface area contributed by atoms with E-state index in [4.69, 9.17) is 9.47 Å². The number of aliphatic hydroxyl groups is 4. The molecule has 74 heavy (non-hydrogen) atoms. The minimum Gasteiger partial charge on any atom is -0.394 e. The quantitative estimate of drug-likeness (QED) is 0.0251. The fraction of sp³-hybridized carbons (Fsp3) is 0.984. The van der Waals surface area contributed by atoms with E-state index in [2.05, 4.69) is 23.3 Å². The topological polar surface area (TPSA) is 192 Å². The Morgan fingerprint density at radius 3 is 1.08 bits per heavy atom. The van der Waals surface area contributed by atoms with Crippen molar-refractivity contribution in [1.29, 1.82) is 0 Å². The van der Waals surface area contributed by atoms with Crippen LogP contribution in [0.15, 0.2) is 0 Å². The maximum atomic E-state index is 13.1. The van der Waals surface area contributed by atoms with Crippen LogP contribution >= 0.6 is 0 Å². The first kappa shape index (κ1) is 71.1. The summed E-state index contributed by atoms with van der Waals surface area (Å²) in [5, 5.41) is 45.0. The summed E-state index contributed by atoms with van der Waals surface area (Å²) in [5.41, 5.74) is 0. The maximum absolute atomic E-state index is 13.1. The van der Waals surface area contributed by atoms with Gasteiger partial charge in [0.25, 0.3) is 0 Å². The molecule has 1 amide bonds. The predicted molar refractivity (Wildman–Crippen MR) is 306 cm³/mol. The Balaban J connectivity index is 2.09. The summed E-state index contributed by atoms with van der Waals surface area (Å²) >= 11 is 0. The van der Waals surface area contributed by atoms with Gasteiger partial charge in [0.1, 0.15) is 24.4 Å². The van der Waals surface area contributed by atoms with Crippen LogP contribution in [0.3, 0.4) is 0 Å². The second kappa shape index (κ2) is 51.5. The number of aliphatic hydroxyl groups excluding tert-OH is 4. The van der Waals surface area contributed by atoms with Crippen molar-refractivity contribution in [3.63, 3.8) is 0 Å². The molecule has 1 fully saturated rings. The zero-order valence-electron chi connectivity index (χ0n) is 48.2. The Hall–Kier alpha value is -0.900. The van der Waals surface area contributed by atoms with Gasteiger partial charge in [-0.3, -0.25) is 9.35 Å². The maximum Gasteiger partial charge on any atom is 0.397 e. The Kier molecular flexibility index (Phi) is 49.5. The third-order valence-electron chi connectivity index (χ3n) is 15.7. The molecule has 13 heteroatoms. The lowest BCUT2D eigenvalue weighted by Crippen LogP contribution is -2.61. The average Bonchev–Trinajstić information content (AvgIpc) is 3.38. The Morgan fingerprint density at radius 1 is 0.486 bits per heavy atom. The molecule has 0 radical (unpaired) electrons. The second-order valence-electron chi connectivity index (χ2n) is 22.7. The minimum absolute atomic E-state index is 0.224. The van der Waals surface area contributed by atoms with Crippen LogP contribution in [-0.2, 0) is 28.9 Å². The number of nitrogens with one attached hydrogen (secondary N) is 1. The van der Waals surface area contributed by atoms with Crippen LogP contribution in [0.1, 0.15) is 328 Å². The van der Waals surface area contributed by atoms with Gasteiger partial charge in [0.2, 0.25) is 5.91 Å². The smallest absolute Gasteiger partial charge is 0.394 e. The van der Waals surface area contributed by atoms with Crippen molar-refractivity contribution >= 4 is 16.3 Å². The standard InChI is InChI=1S/C61H121NO11S/c1-3-5-7-9-11-13-15-16-17-18-19-20-21-22-23-24-25-26-27-28-29-30-31-32-33-34-35-36-37-38-39-40-41-43-45-47-49-51-57(65)62-54(55(64)50-48-46-44-42-14-12-10-8-6-4-2)53-71-61-59(67)60(73-74(68,69)70)58(66)56(52-63)72-61/h54-56,58-61,63-64,66-67H,3-53H2,1-2H3,(H,62,65)(H,68,69,70). The molecule has 7 unspecified atom stereocenters. The molecule has 0 saturated carbocycles. The number of hydrogen-bond donors (Lipinski definition) is 6. The first-order chi connectivity index (χ1) is 36.0. The number of ether oxygens (including phenoxy) is 2. The number of hydrogen-bond acceptors (Lipinski definition) is 10. The molecule has 1 rings (SSSR count). The van der Waals surface area contributed by atoms with E-state index in [1.165, 1.54) is 250 Å². The summed E-state index contributed by atoms with van der Waals surface area (Å²) < 4.78 is 47.8. The summed E-state index contributed by atoms with van der Waals surface area (Å²) in [6.07, 6.45) is 53.2. The van der Waals surface area contributed by atoms with Crippen LogP contribution in [-0.4, -0.2) is 95.4 Å². The molecule has 0 spiro atoms. The molecule has 7 atom stereocenters. The zero-order valence-corrected chi connectivity index (χ0v) is 49.0. The van der Waals surface area contributed by atoms with Gasteiger partial charge in [0.05, 0.1) is 25.4 Å². The number of unbranched alkanes of at least 4 members (excludes halogenated alkanes) is 45. The lowest BCUT2D eigenvalue weighted by atomic mass is 9.99. The van der Waals surface area contributed by atoms with Gasteiger partial charge in [-0.25, -0.2) is 4.18 Å². The molecule has 1 aliphatic rings. The third-order valence-corrected chi connectivity index (χ3v) is 16.1. The summed E-state index contributed by atoms with van der Waals surface area (Å²) in [7, 11) is -5.07. The van der Waals surface area contributed by atoms with Crippen LogP contribution < -0.4 is 5.32 Å². The van der Waals surface area contributed by atoms with E-state index in [1.54, 1.807) is 0 Å². The third kappa shape index (κ3) is 43.0. The van der Waals surface area contributed by atoms with Crippen molar-refractivity contribution < 1.29 is 51.8 Å². The molecule has 6 N–H and O–H groups in total. The Labute approximate surface area is 456 Å². The predicted octanol–water partition coefficient (Wildman–Crippen LogP) is 15.6. The molecular weight excluding hydrogens is 955 g/mol. The van der Waals surface area contributed by atoms with E-state index in [0.29, 0.717) is 12.8 Å². The number of amides is 1. The van der Waals surface area contributed by atoms with E-state index in [9.17, 15) is 38.2 Å². The highest BCUT2D eigenvalue weighted by molar-refractivity contribution is 7.80. The van der Waals surface area contributed by atoms with Crippen LogP contribution in [0.2, 0.25) is 0 Å². The lowest BCUT2D eigenvalue weighted by Gasteiger charge is -2.41. The fourth-order valence-corrected chi connectivity index (χ4v) is 11.3. The van der Waals surface area contributed by atoms with Crippen molar-refractivity contribution in [1.82, 2.24) is 5.32 Å². The summed E-state index contributed by atoms with van der Waals surface area (Å²) in [5.74, 6) is -0.224. The largest absolute Gasteiger partial charge is 0.397 e. The SMILES string of the molecule is CCCCCCCCCCCCCCCCCCCCCCCCCCCCCCCCCCCCCCCC(=O)NC(COC1OC(CO)C(O)C(OS(=O)(=O)O)C1O)C(O)CCCCCCCCCCCC. The van der Waals surface area contributed by atoms with E-state index in [1.807, 2.05) is 0 Å². The van der Waals surface area contributed by atoms with Gasteiger partial charge in [0, 0.05) is 6.42 Å². The van der Waals surface area contributed by atoms with Gasteiger partial charge in [-0.2, -0.15) is 8.42 Å². The monoisotopic (exact) mass is 1080 g/mol. The summed E-state index contributed by atoms with van der Waals surface area (Å²) in [4.78, 5) is 13.1. The first-order valence-electron chi connectivity index (χ1n) is 31.9. The van der Waals surface area contributed by atoms with E-state index < -0.39 is 59.9 Å². The average molecular weight is 1080 g/mol. The van der Waals surface area contributed by atoms with Crippen molar-refractivity contribution in [2.24, 2.45) is 0 Å². The van der Waals surface area contributed by atoms with Crippen molar-refractivity contribution in [2.75, 3.05) is 13.2 Å². The Bertz CT molecular complexity index is 1310. The van der Waals surface area contributed by atoms with E-state index >= 15 is 0 Å². The van der Waals surface area contributed by atoms with E-state index in [-0.39, 0.29) is 12.5 Å². The first-order valence-corrected chi connectivity index (χ1v) is 33.3. The molecule has 0 bridgehead atoms. The normalized spacial score (nSPS) is 19.0. The highest BCUT2D eigenvalue weighted by atomic mass is 32.3. The second-order valence-corrected chi connectivity index (χ2v) is 23.8. The van der Waals surface area contributed by atoms with Crippen LogP contribution in [0.25, 0.3) is 0 Å². The number of rotatable bonds is 57. The van der Waals surface area contributed by atoms with Gasteiger partial charge in [-0.1, -0.05) is 309 Å². The van der Waals surface area contributed by atoms with Crippen molar-refractivity contribution in [2.45, 2.75) is 371 Å². The van der Waals surface area contributed by atoms with Crippen LogP contribution in [0.5, 0.6) is 0 Å². The summed E-state index contributed by atoms with van der Waals surface area (Å²) in [6, 6.07) is -0.852. The van der Waals surface area contributed by atoms with Gasteiger partial charge < -0.3 is 35.2 Å². The zero-order chi connectivity index (χ0) is 54.0.